The number of carbonyl (C=O) groups excluding carboxylic acids is 2. The number of amides is 2. The third-order valence-electron chi connectivity index (χ3n) is 2.71. The minimum absolute atomic E-state index is 0.114. The van der Waals surface area contributed by atoms with Crippen LogP contribution in [0.15, 0.2) is 5.16 Å². The maximum absolute atomic E-state index is 11.8. The molecule has 1 rings (SSSR count). The fourth-order valence-electron chi connectivity index (χ4n) is 1.53. The monoisotopic (exact) mass is 291 g/mol. The first-order chi connectivity index (χ1) is 8.74. The van der Waals surface area contributed by atoms with E-state index < -0.39 is 22.6 Å². The predicted molar refractivity (Wildman–Crippen MR) is 68.6 cm³/mol. The normalized spacial score (nSPS) is 23.3. The van der Waals surface area contributed by atoms with Crippen LogP contribution in [-0.2, 0) is 25.5 Å². The quantitative estimate of drug-likeness (QED) is 0.651. The zero-order chi connectivity index (χ0) is 14.6. The minimum Gasteiger partial charge on any atom is -0.379 e. The van der Waals surface area contributed by atoms with Crippen molar-refractivity contribution in [2.24, 2.45) is 5.16 Å². The molecule has 108 valence electrons. The molecule has 0 aromatic heterocycles. The number of carbonyl (C=O) groups is 2. The molecule has 8 nitrogen and oxygen atoms in total. The number of hydrogen-bond donors (Lipinski definition) is 2. The Bertz CT molecular complexity index is 439. The zero-order valence-corrected chi connectivity index (χ0v) is 11.8. The molecule has 0 aromatic carbocycles. The van der Waals surface area contributed by atoms with Crippen LogP contribution in [0.4, 0.5) is 0 Å². The van der Waals surface area contributed by atoms with Gasteiger partial charge in [-0.3, -0.25) is 9.59 Å². The van der Waals surface area contributed by atoms with Crippen molar-refractivity contribution in [2.45, 2.75) is 25.9 Å². The molecule has 2 unspecified atom stereocenters. The Balaban J connectivity index is 2.54. The summed E-state index contributed by atoms with van der Waals surface area (Å²) in [5, 5.41) is 6.08. The van der Waals surface area contributed by atoms with Crippen LogP contribution in [0.3, 0.4) is 0 Å². The topological polar surface area (TPSA) is 108 Å². The average Bonchev–Trinajstić information content (AvgIpc) is 2.68. The van der Waals surface area contributed by atoms with E-state index in [4.69, 9.17) is 9.39 Å². The second-order valence-electron chi connectivity index (χ2n) is 4.50. The van der Waals surface area contributed by atoms with Gasteiger partial charge in [0.15, 0.2) is 11.1 Å². The van der Waals surface area contributed by atoms with Crippen LogP contribution in [0.5, 0.6) is 0 Å². The zero-order valence-electron chi connectivity index (χ0n) is 11.0. The van der Waals surface area contributed by atoms with Crippen LogP contribution in [0.1, 0.15) is 20.3 Å². The number of oxime groups is 1. The van der Waals surface area contributed by atoms with E-state index in [0.717, 1.165) is 0 Å². The van der Waals surface area contributed by atoms with E-state index in [2.05, 4.69) is 10.5 Å². The van der Waals surface area contributed by atoms with Gasteiger partial charge in [-0.2, -0.15) is 0 Å². The van der Waals surface area contributed by atoms with Gasteiger partial charge in [0.1, 0.15) is 5.88 Å². The van der Waals surface area contributed by atoms with Gasteiger partial charge in [-0.15, -0.1) is 0 Å². The summed E-state index contributed by atoms with van der Waals surface area (Å²) in [6.45, 7) is 3.25. The Hall–Kier alpha value is -1.48. The molecule has 0 saturated carbocycles. The van der Waals surface area contributed by atoms with Crippen molar-refractivity contribution in [3.05, 3.63) is 0 Å². The third-order valence-corrected chi connectivity index (χ3v) is 3.10. The Labute approximate surface area is 113 Å². The number of hydrogen-bond acceptors (Lipinski definition) is 5. The maximum atomic E-state index is 11.8. The van der Waals surface area contributed by atoms with Gasteiger partial charge >= 0.3 is 0 Å². The van der Waals surface area contributed by atoms with E-state index in [-0.39, 0.29) is 24.7 Å². The molecule has 1 aliphatic rings. The van der Waals surface area contributed by atoms with Crippen LogP contribution in [0.2, 0.25) is 0 Å². The lowest BCUT2D eigenvalue weighted by Crippen LogP contribution is -2.46. The number of nitrogens with zero attached hydrogens (tertiary/aromatic N) is 2. The van der Waals surface area contributed by atoms with Crippen LogP contribution in [0, 0.1) is 0 Å². The molecular weight excluding hydrogens is 274 g/mol. The average molecular weight is 291 g/mol. The lowest BCUT2D eigenvalue weighted by molar-refractivity contribution is -0.141. The summed E-state index contributed by atoms with van der Waals surface area (Å²) in [7, 11) is 1.62. The molecule has 9 heteroatoms. The van der Waals surface area contributed by atoms with E-state index in [0.29, 0.717) is 5.71 Å². The van der Waals surface area contributed by atoms with Gasteiger partial charge in [-0.1, -0.05) is 5.16 Å². The highest BCUT2D eigenvalue weighted by Crippen LogP contribution is 2.24. The summed E-state index contributed by atoms with van der Waals surface area (Å²) in [4.78, 5) is 29.4. The molecule has 0 spiro atoms. The second kappa shape index (κ2) is 6.11. The fraction of sp³-hybridized carbons (Fsp3) is 0.700. The number of nitrogens with one attached hydrogen (secondary N) is 1. The van der Waals surface area contributed by atoms with E-state index in [1.807, 2.05) is 0 Å². The second-order valence-corrected chi connectivity index (χ2v) is 5.43. The molecule has 19 heavy (non-hydrogen) atoms. The van der Waals surface area contributed by atoms with Gasteiger partial charge < -0.3 is 19.6 Å². The maximum Gasteiger partial charge on any atom is 0.267 e. The summed E-state index contributed by atoms with van der Waals surface area (Å²) < 4.78 is 19.1. The van der Waals surface area contributed by atoms with Crippen molar-refractivity contribution in [2.75, 3.05) is 19.5 Å². The first-order valence-corrected chi connectivity index (χ1v) is 6.83. The van der Waals surface area contributed by atoms with E-state index in [1.54, 1.807) is 7.05 Å². The molecule has 0 bridgehead atoms. The Morgan fingerprint density at radius 1 is 1.63 bits per heavy atom. The molecule has 0 saturated heterocycles. The van der Waals surface area contributed by atoms with Crippen molar-refractivity contribution in [1.29, 1.82) is 0 Å². The molecule has 0 aromatic rings. The first kappa shape index (κ1) is 15.6. The van der Waals surface area contributed by atoms with Crippen molar-refractivity contribution in [3.8, 4) is 0 Å². The van der Waals surface area contributed by atoms with E-state index >= 15 is 0 Å². The smallest absolute Gasteiger partial charge is 0.267 e. The van der Waals surface area contributed by atoms with Gasteiger partial charge in [-0.25, -0.2) is 4.21 Å². The highest BCUT2D eigenvalue weighted by molar-refractivity contribution is 7.79. The predicted octanol–water partition coefficient (Wildman–Crippen LogP) is -0.705. The molecule has 0 radical (unpaired) electrons. The summed E-state index contributed by atoms with van der Waals surface area (Å²) in [6.07, 6.45) is 0.231. The lowest BCUT2D eigenvalue weighted by Gasteiger charge is -2.20. The largest absolute Gasteiger partial charge is 0.379 e. The van der Waals surface area contributed by atoms with Gasteiger partial charge in [0.05, 0.1) is 12.3 Å². The Morgan fingerprint density at radius 3 is 2.79 bits per heavy atom. The standard InChI is InChI=1S/C10H17N3O5S/c1-7(14)13(3)5-8-4-10(2,18-12-8)9(15)11-6-19(16)17/h4-6H2,1-3H3,(H,11,15)(H,16,17). The first-order valence-electron chi connectivity index (χ1n) is 5.56. The molecule has 0 fully saturated rings. The molecule has 2 N–H and O–H groups in total. The molecular formula is C10H17N3O5S. The molecule has 1 heterocycles. The minimum atomic E-state index is -2.11. The summed E-state index contributed by atoms with van der Waals surface area (Å²) >= 11 is -2.11. The Kier molecular flexibility index (Phi) is 5.01. The van der Waals surface area contributed by atoms with Crippen LogP contribution in [-0.4, -0.2) is 56.3 Å². The van der Waals surface area contributed by atoms with Crippen molar-refractivity contribution in [3.63, 3.8) is 0 Å². The lowest BCUT2D eigenvalue weighted by atomic mass is 9.98. The van der Waals surface area contributed by atoms with Gasteiger partial charge in [0.25, 0.3) is 5.91 Å². The molecule has 0 aliphatic carbocycles. The van der Waals surface area contributed by atoms with Gasteiger partial charge in [-0.05, 0) is 6.92 Å². The Morgan fingerprint density at radius 2 is 2.26 bits per heavy atom. The van der Waals surface area contributed by atoms with E-state index in [1.165, 1.54) is 18.7 Å². The van der Waals surface area contributed by atoms with Crippen molar-refractivity contribution in [1.82, 2.24) is 10.2 Å². The van der Waals surface area contributed by atoms with Crippen molar-refractivity contribution >= 4 is 28.6 Å². The van der Waals surface area contributed by atoms with Crippen LogP contribution in [0.25, 0.3) is 0 Å². The van der Waals surface area contributed by atoms with Gasteiger partial charge in [0.2, 0.25) is 11.5 Å². The number of rotatable bonds is 5. The molecule has 2 amide bonds. The summed E-state index contributed by atoms with van der Waals surface area (Å²) in [6, 6.07) is 0. The highest BCUT2D eigenvalue weighted by Gasteiger charge is 2.42. The summed E-state index contributed by atoms with van der Waals surface area (Å²) in [5.41, 5.74) is -0.632. The van der Waals surface area contributed by atoms with Crippen molar-refractivity contribution < 1.29 is 23.2 Å². The molecule has 2 atom stereocenters. The van der Waals surface area contributed by atoms with Gasteiger partial charge in [0, 0.05) is 20.4 Å². The fourth-order valence-corrected chi connectivity index (χ4v) is 1.78. The highest BCUT2D eigenvalue weighted by atomic mass is 32.2. The van der Waals surface area contributed by atoms with Crippen LogP contribution >= 0.6 is 0 Å². The van der Waals surface area contributed by atoms with Crippen LogP contribution < -0.4 is 5.32 Å². The SMILES string of the molecule is CC(=O)N(C)CC1=NOC(C)(C(=O)NCS(=O)O)C1. The third kappa shape index (κ3) is 4.28. The summed E-state index contributed by atoms with van der Waals surface area (Å²) in [5.74, 6) is -0.990. The van der Waals surface area contributed by atoms with E-state index in [9.17, 15) is 13.8 Å². The molecule has 1 aliphatic heterocycles.